The van der Waals surface area contributed by atoms with Gasteiger partial charge in [-0.15, -0.1) is 22.7 Å². The van der Waals surface area contributed by atoms with E-state index in [4.69, 9.17) is 0 Å². The van der Waals surface area contributed by atoms with Crippen LogP contribution in [0.4, 0.5) is 5.13 Å². The summed E-state index contributed by atoms with van der Waals surface area (Å²) in [7, 11) is 0. The number of thiophene rings is 1. The van der Waals surface area contributed by atoms with E-state index in [0.717, 1.165) is 29.8 Å². The summed E-state index contributed by atoms with van der Waals surface area (Å²) in [5, 5.41) is 10.1. The fourth-order valence-corrected chi connectivity index (χ4v) is 5.31. The molecule has 4 aromatic rings. The minimum absolute atomic E-state index is 0.255. The first kappa shape index (κ1) is 23.9. The average molecular weight is 493 g/mol. The number of amides is 2. The molecule has 2 amide bonds. The number of rotatable bonds is 9. The maximum atomic E-state index is 13.2. The van der Waals surface area contributed by atoms with Crippen LogP contribution in [0.1, 0.15) is 40.0 Å². The van der Waals surface area contributed by atoms with E-state index >= 15 is 0 Å². The minimum atomic E-state index is -0.723. The number of nitrogens with zero attached hydrogens (tertiary/aromatic N) is 2. The van der Waals surface area contributed by atoms with Crippen molar-refractivity contribution >= 4 is 39.6 Å². The van der Waals surface area contributed by atoms with Gasteiger partial charge in [-0.25, -0.2) is 4.98 Å². The van der Waals surface area contributed by atoms with E-state index < -0.39 is 6.04 Å². The first-order valence-corrected chi connectivity index (χ1v) is 13.0. The number of carbonyl (C=O) groups is 2. The number of nitrogens with one attached hydrogen (secondary N) is 2. The van der Waals surface area contributed by atoms with E-state index in [-0.39, 0.29) is 11.8 Å². The smallest absolute Gasteiger partial charge is 0.262 e. The van der Waals surface area contributed by atoms with Crippen LogP contribution in [-0.2, 0) is 17.8 Å². The molecule has 8 heteroatoms. The maximum absolute atomic E-state index is 13.2. The fraction of sp³-hybridized carbons (Fsp3) is 0.269. The number of benzene rings is 1. The Morgan fingerprint density at radius 3 is 2.59 bits per heavy atom. The number of aromatic nitrogens is 2. The predicted molar refractivity (Wildman–Crippen MR) is 140 cm³/mol. The molecule has 2 N–H and O–H groups in total. The average Bonchev–Trinajstić information content (AvgIpc) is 3.58. The van der Waals surface area contributed by atoms with Gasteiger partial charge in [-0.05, 0) is 43.3 Å². The van der Waals surface area contributed by atoms with Crippen molar-refractivity contribution in [1.29, 1.82) is 0 Å². The summed E-state index contributed by atoms with van der Waals surface area (Å²) in [5.41, 5.74) is 5.27. The highest BCUT2D eigenvalue weighted by Gasteiger charge is 2.24. The second kappa shape index (κ2) is 10.8. The third-order valence-corrected chi connectivity index (χ3v) is 7.31. The lowest BCUT2D eigenvalue weighted by molar-refractivity contribution is -0.118. The number of carbonyl (C=O) groups excluding carboxylic acids is 2. The molecular formula is C26H28N4O2S2. The van der Waals surface area contributed by atoms with Crippen molar-refractivity contribution in [3.63, 3.8) is 0 Å². The zero-order valence-electron chi connectivity index (χ0n) is 19.5. The van der Waals surface area contributed by atoms with Crippen molar-refractivity contribution < 1.29 is 9.59 Å². The number of thiazole rings is 1. The number of aryl methyl sites for hydroxylation is 1. The van der Waals surface area contributed by atoms with Gasteiger partial charge in [0.1, 0.15) is 6.04 Å². The molecule has 1 atom stereocenters. The Labute approximate surface area is 207 Å². The van der Waals surface area contributed by atoms with Crippen LogP contribution in [0.15, 0.2) is 59.3 Å². The van der Waals surface area contributed by atoms with E-state index in [0.29, 0.717) is 16.4 Å². The molecule has 0 aliphatic heterocycles. The lowest BCUT2D eigenvalue weighted by Gasteiger charge is -2.17. The van der Waals surface area contributed by atoms with E-state index in [9.17, 15) is 9.59 Å². The largest absolute Gasteiger partial charge is 0.348 e. The fourth-order valence-electron chi connectivity index (χ4n) is 3.97. The van der Waals surface area contributed by atoms with Gasteiger partial charge < -0.3 is 15.2 Å². The first-order valence-electron chi connectivity index (χ1n) is 11.3. The molecule has 0 saturated heterocycles. The molecule has 3 aromatic heterocycles. The molecule has 0 aliphatic carbocycles. The summed E-state index contributed by atoms with van der Waals surface area (Å²) >= 11 is 2.74. The van der Waals surface area contributed by atoms with Crippen LogP contribution in [0.25, 0.3) is 11.3 Å². The highest BCUT2D eigenvalue weighted by Crippen LogP contribution is 2.30. The van der Waals surface area contributed by atoms with Gasteiger partial charge >= 0.3 is 0 Å². The molecule has 4 rings (SSSR count). The Morgan fingerprint density at radius 1 is 1.09 bits per heavy atom. The van der Waals surface area contributed by atoms with Crippen LogP contribution in [0, 0.1) is 13.8 Å². The highest BCUT2D eigenvalue weighted by atomic mass is 32.1. The molecule has 34 heavy (non-hydrogen) atoms. The van der Waals surface area contributed by atoms with Crippen LogP contribution in [0.5, 0.6) is 0 Å². The lowest BCUT2D eigenvalue weighted by Crippen LogP contribution is -2.45. The number of anilines is 1. The summed E-state index contributed by atoms with van der Waals surface area (Å²) < 4.78 is 2.29. The molecule has 0 spiro atoms. The summed E-state index contributed by atoms with van der Waals surface area (Å²) in [6.45, 7) is 7.34. The van der Waals surface area contributed by atoms with Crippen molar-refractivity contribution in [2.24, 2.45) is 0 Å². The van der Waals surface area contributed by atoms with Crippen LogP contribution >= 0.6 is 22.7 Å². The Balaban J connectivity index is 1.52. The molecule has 0 aliphatic rings. The van der Waals surface area contributed by atoms with Gasteiger partial charge in [0, 0.05) is 35.3 Å². The second-order valence-electron chi connectivity index (χ2n) is 8.16. The number of hydrogen-bond acceptors (Lipinski definition) is 5. The van der Waals surface area contributed by atoms with E-state index in [2.05, 4.69) is 47.0 Å². The maximum Gasteiger partial charge on any atom is 0.262 e. The molecule has 0 saturated carbocycles. The monoisotopic (exact) mass is 492 g/mol. The van der Waals surface area contributed by atoms with E-state index in [1.54, 1.807) is 6.07 Å². The van der Waals surface area contributed by atoms with E-state index in [1.165, 1.54) is 34.1 Å². The van der Waals surface area contributed by atoms with Gasteiger partial charge in [0.25, 0.3) is 5.91 Å². The van der Waals surface area contributed by atoms with Crippen molar-refractivity contribution in [3.8, 4) is 11.3 Å². The lowest BCUT2D eigenvalue weighted by atomic mass is 10.1. The molecule has 0 bridgehead atoms. The van der Waals surface area contributed by atoms with Gasteiger partial charge in [0.2, 0.25) is 5.91 Å². The van der Waals surface area contributed by atoms with Gasteiger partial charge in [0.05, 0.1) is 10.6 Å². The Morgan fingerprint density at radius 2 is 1.88 bits per heavy atom. The molecule has 6 nitrogen and oxygen atoms in total. The molecule has 0 unspecified atom stereocenters. The molecular weight excluding hydrogens is 464 g/mol. The SMILES string of the molecule is CCCn1c(C)cc(-c2csc(NC(=O)[C@@H](Cc3ccccc3)NC(=O)c3cccs3)n2)c1C. The minimum Gasteiger partial charge on any atom is -0.348 e. The van der Waals surface area contributed by atoms with Crippen LogP contribution in [-0.4, -0.2) is 27.4 Å². The summed E-state index contributed by atoms with van der Waals surface area (Å²) in [6, 6.07) is 14.7. The first-order chi connectivity index (χ1) is 16.5. The van der Waals surface area contributed by atoms with Crippen molar-refractivity contribution in [3.05, 3.63) is 81.1 Å². The third kappa shape index (κ3) is 5.46. The second-order valence-corrected chi connectivity index (χ2v) is 9.96. The normalized spacial score (nSPS) is 11.9. The summed E-state index contributed by atoms with van der Waals surface area (Å²) in [4.78, 5) is 31.2. The van der Waals surface area contributed by atoms with Crippen molar-refractivity contribution in [1.82, 2.24) is 14.9 Å². The topological polar surface area (TPSA) is 76.0 Å². The molecule has 3 heterocycles. The van der Waals surface area contributed by atoms with Crippen LogP contribution in [0.2, 0.25) is 0 Å². The summed E-state index contributed by atoms with van der Waals surface area (Å²) in [6.07, 6.45) is 1.45. The standard InChI is InChI=1S/C26H28N4O2S2/c1-4-12-30-17(2)14-20(18(30)3)22-16-34-26(28-22)29-24(31)21(15-19-9-6-5-7-10-19)27-25(32)23-11-8-13-33-23/h5-11,13-14,16,21H,4,12,15H2,1-3H3,(H,27,32)(H,28,29,31)/t21-/m1/s1. The Bertz CT molecular complexity index is 1260. The summed E-state index contributed by atoms with van der Waals surface area (Å²) in [5.74, 6) is -0.541. The Hall–Kier alpha value is -3.23. The zero-order chi connectivity index (χ0) is 24.1. The Kier molecular flexibility index (Phi) is 7.59. The van der Waals surface area contributed by atoms with Gasteiger partial charge in [0.15, 0.2) is 5.13 Å². The predicted octanol–water partition coefficient (Wildman–Crippen LogP) is 5.68. The molecule has 1 aromatic carbocycles. The third-order valence-electron chi connectivity index (χ3n) is 5.68. The molecule has 0 radical (unpaired) electrons. The van der Waals surface area contributed by atoms with Gasteiger partial charge in [-0.3, -0.25) is 9.59 Å². The molecule has 0 fully saturated rings. The quantitative estimate of drug-likeness (QED) is 0.316. The van der Waals surface area contributed by atoms with Crippen molar-refractivity contribution in [2.45, 2.75) is 46.2 Å². The number of hydrogen-bond donors (Lipinski definition) is 2. The highest BCUT2D eigenvalue weighted by molar-refractivity contribution is 7.14. The molecule has 176 valence electrons. The van der Waals surface area contributed by atoms with Crippen LogP contribution < -0.4 is 10.6 Å². The van der Waals surface area contributed by atoms with Gasteiger partial charge in [-0.1, -0.05) is 43.3 Å². The zero-order valence-corrected chi connectivity index (χ0v) is 21.1. The van der Waals surface area contributed by atoms with Gasteiger partial charge in [-0.2, -0.15) is 0 Å². The van der Waals surface area contributed by atoms with E-state index in [1.807, 2.05) is 47.2 Å². The van der Waals surface area contributed by atoms with Crippen LogP contribution in [0.3, 0.4) is 0 Å². The van der Waals surface area contributed by atoms with Crippen molar-refractivity contribution in [2.75, 3.05) is 5.32 Å².